The minimum atomic E-state index is -0.832. The maximum Gasteiger partial charge on any atom is 0.346 e. The van der Waals surface area contributed by atoms with Crippen LogP contribution in [0.3, 0.4) is 0 Å². The van der Waals surface area contributed by atoms with Gasteiger partial charge in [0.15, 0.2) is 5.78 Å². The summed E-state index contributed by atoms with van der Waals surface area (Å²) >= 11 is 5.70. The van der Waals surface area contributed by atoms with Crippen molar-refractivity contribution in [3.8, 4) is 0 Å². The maximum atomic E-state index is 12.4. The number of esters is 2. The van der Waals surface area contributed by atoms with Crippen LogP contribution in [0.25, 0.3) is 0 Å². The molecule has 0 amide bonds. The molecule has 1 aliphatic rings. The molecule has 0 aromatic heterocycles. The normalized spacial score (nSPS) is 12.7. The van der Waals surface area contributed by atoms with Gasteiger partial charge in [0.25, 0.3) is 5.69 Å². The van der Waals surface area contributed by atoms with Crippen molar-refractivity contribution in [1.29, 1.82) is 0 Å². The fraction of sp³-hybridized carbons (Fsp3) is 0. The summed E-state index contributed by atoms with van der Waals surface area (Å²) in [6, 6.07) is 7.53. The number of nitro benzene ring substituents is 1. The predicted octanol–water partition coefficient (Wildman–Crippen LogP) is 2.79. The molecule has 0 fully saturated rings. The number of ether oxygens (including phenoxy) is 1. The van der Waals surface area contributed by atoms with Crippen molar-refractivity contribution < 1.29 is 24.0 Å². The summed E-state index contributed by atoms with van der Waals surface area (Å²) in [6.45, 7) is 0. The minimum Gasteiger partial charge on any atom is -0.386 e. The fourth-order valence-corrected chi connectivity index (χ4v) is 2.37. The smallest absolute Gasteiger partial charge is 0.346 e. The zero-order valence-corrected chi connectivity index (χ0v) is 12.0. The van der Waals surface area contributed by atoms with E-state index in [1.54, 1.807) is 0 Å². The first-order valence-corrected chi connectivity index (χ1v) is 6.65. The number of ketones is 1. The van der Waals surface area contributed by atoms with E-state index in [-0.39, 0.29) is 27.3 Å². The van der Waals surface area contributed by atoms with Crippen LogP contribution < -0.4 is 0 Å². The molecule has 0 saturated carbocycles. The molecule has 2 aromatic rings. The average molecular weight is 332 g/mol. The van der Waals surface area contributed by atoms with Gasteiger partial charge in [-0.25, -0.2) is 9.59 Å². The molecule has 23 heavy (non-hydrogen) atoms. The van der Waals surface area contributed by atoms with E-state index in [4.69, 9.17) is 11.6 Å². The molecule has 0 saturated heterocycles. The number of fused-ring (bicyclic) bond motifs is 1. The van der Waals surface area contributed by atoms with Crippen molar-refractivity contribution in [1.82, 2.24) is 0 Å². The molecule has 0 spiro atoms. The van der Waals surface area contributed by atoms with Crippen molar-refractivity contribution in [3.63, 3.8) is 0 Å². The lowest BCUT2D eigenvalue weighted by Gasteiger charge is -2.03. The molecule has 3 rings (SSSR count). The number of carbonyl (C=O) groups excluding carboxylic acids is 3. The quantitative estimate of drug-likeness (QED) is 0.281. The van der Waals surface area contributed by atoms with E-state index < -0.39 is 28.3 Å². The molecule has 0 radical (unpaired) electrons. The van der Waals surface area contributed by atoms with Crippen LogP contribution in [0.4, 0.5) is 5.69 Å². The molecule has 7 nitrogen and oxygen atoms in total. The summed E-state index contributed by atoms with van der Waals surface area (Å²) in [7, 11) is 0. The van der Waals surface area contributed by atoms with E-state index in [9.17, 15) is 24.5 Å². The van der Waals surface area contributed by atoms with Gasteiger partial charge in [0.2, 0.25) is 0 Å². The van der Waals surface area contributed by atoms with E-state index >= 15 is 0 Å². The van der Waals surface area contributed by atoms with Crippen molar-refractivity contribution in [2.45, 2.75) is 0 Å². The number of halogens is 1. The fourth-order valence-electron chi connectivity index (χ4n) is 2.19. The van der Waals surface area contributed by atoms with Gasteiger partial charge in [-0.2, -0.15) is 0 Å². The van der Waals surface area contributed by atoms with Crippen LogP contribution in [-0.2, 0) is 4.74 Å². The summed E-state index contributed by atoms with van der Waals surface area (Å²) in [6.07, 6.45) is 0. The van der Waals surface area contributed by atoms with Gasteiger partial charge in [0.05, 0.1) is 16.1 Å². The molecule has 1 heterocycles. The standard InChI is InChI=1S/C15H6ClNO6/c16-11-4-2-8(6-12(11)17(21)22)13(18)7-1-3-9-10(5-7)15(20)23-14(9)19/h1-6H. The van der Waals surface area contributed by atoms with Crippen molar-refractivity contribution in [2.75, 3.05) is 0 Å². The molecule has 0 aliphatic carbocycles. The Balaban J connectivity index is 2.04. The Morgan fingerprint density at radius 1 is 1.00 bits per heavy atom. The van der Waals surface area contributed by atoms with Crippen LogP contribution >= 0.6 is 11.6 Å². The number of nitrogens with zero attached hydrogens (tertiary/aromatic N) is 1. The molecular weight excluding hydrogens is 326 g/mol. The summed E-state index contributed by atoms with van der Waals surface area (Å²) in [4.78, 5) is 45.5. The Labute approximate surface area is 133 Å². The van der Waals surface area contributed by atoms with Gasteiger partial charge in [-0.3, -0.25) is 14.9 Å². The molecule has 1 aliphatic heterocycles. The van der Waals surface area contributed by atoms with Crippen molar-refractivity contribution in [3.05, 3.63) is 73.8 Å². The monoisotopic (exact) mass is 331 g/mol. The SMILES string of the molecule is O=C(c1ccc2c(c1)C(=O)OC2=O)c1ccc(Cl)c([N+](=O)[O-])c1. The first kappa shape index (κ1) is 14.9. The molecule has 0 bridgehead atoms. The highest BCUT2D eigenvalue weighted by molar-refractivity contribution is 6.32. The lowest BCUT2D eigenvalue weighted by molar-refractivity contribution is -0.384. The Hall–Kier alpha value is -3.06. The molecule has 114 valence electrons. The number of hydrogen-bond acceptors (Lipinski definition) is 6. The Bertz CT molecular complexity index is 905. The number of carbonyl (C=O) groups is 3. The second-order valence-electron chi connectivity index (χ2n) is 4.69. The summed E-state index contributed by atoms with van der Waals surface area (Å²) in [5, 5.41) is 10.8. The minimum absolute atomic E-state index is 0.00990. The van der Waals surface area contributed by atoms with E-state index in [0.717, 1.165) is 6.07 Å². The lowest BCUT2D eigenvalue weighted by atomic mass is 9.99. The van der Waals surface area contributed by atoms with E-state index in [2.05, 4.69) is 4.74 Å². The average Bonchev–Trinajstić information content (AvgIpc) is 2.81. The van der Waals surface area contributed by atoms with Crippen LogP contribution in [0.2, 0.25) is 5.02 Å². The molecule has 0 atom stereocenters. The largest absolute Gasteiger partial charge is 0.386 e. The van der Waals surface area contributed by atoms with Crippen molar-refractivity contribution in [2.24, 2.45) is 0 Å². The Morgan fingerprint density at radius 2 is 1.61 bits per heavy atom. The van der Waals surface area contributed by atoms with Gasteiger partial charge in [-0.15, -0.1) is 0 Å². The van der Waals surface area contributed by atoms with Gasteiger partial charge in [0.1, 0.15) is 5.02 Å². The maximum absolute atomic E-state index is 12.4. The summed E-state index contributed by atoms with van der Waals surface area (Å²) in [5.74, 6) is -2.15. The lowest BCUT2D eigenvalue weighted by Crippen LogP contribution is -2.04. The van der Waals surface area contributed by atoms with Crippen LogP contribution in [0.15, 0.2) is 36.4 Å². The highest BCUT2D eigenvalue weighted by atomic mass is 35.5. The van der Waals surface area contributed by atoms with Crippen molar-refractivity contribution >= 4 is 35.0 Å². The zero-order chi connectivity index (χ0) is 16.7. The van der Waals surface area contributed by atoms with Gasteiger partial charge >= 0.3 is 11.9 Å². The number of cyclic esters (lactones) is 2. The van der Waals surface area contributed by atoms with E-state index in [1.807, 2.05) is 0 Å². The Kier molecular flexibility index (Phi) is 3.42. The van der Waals surface area contributed by atoms with Gasteiger partial charge in [-0.1, -0.05) is 17.7 Å². The second kappa shape index (κ2) is 5.29. The number of nitro groups is 1. The number of rotatable bonds is 3. The third-order valence-corrected chi connectivity index (χ3v) is 3.63. The molecule has 0 unspecified atom stereocenters. The van der Waals surface area contributed by atoms with Crippen LogP contribution in [0.5, 0.6) is 0 Å². The molecule has 8 heteroatoms. The second-order valence-corrected chi connectivity index (χ2v) is 5.10. The first-order chi connectivity index (χ1) is 10.9. The third kappa shape index (κ3) is 2.47. The van der Waals surface area contributed by atoms with Gasteiger partial charge in [0, 0.05) is 17.2 Å². The summed E-state index contributed by atoms with van der Waals surface area (Å²) < 4.78 is 4.44. The van der Waals surface area contributed by atoms with E-state index in [1.165, 1.54) is 30.3 Å². The number of benzene rings is 2. The van der Waals surface area contributed by atoms with Crippen LogP contribution in [0, 0.1) is 10.1 Å². The van der Waals surface area contributed by atoms with Gasteiger partial charge < -0.3 is 4.74 Å². The van der Waals surface area contributed by atoms with Crippen LogP contribution in [0.1, 0.15) is 36.6 Å². The first-order valence-electron chi connectivity index (χ1n) is 6.27. The van der Waals surface area contributed by atoms with Crippen LogP contribution in [-0.4, -0.2) is 22.6 Å². The van der Waals surface area contributed by atoms with E-state index in [0.29, 0.717) is 0 Å². The topological polar surface area (TPSA) is 104 Å². The highest BCUT2D eigenvalue weighted by Crippen LogP contribution is 2.27. The molecule has 2 aromatic carbocycles. The zero-order valence-electron chi connectivity index (χ0n) is 11.2. The predicted molar refractivity (Wildman–Crippen MR) is 77.7 cm³/mol. The molecular formula is C15H6ClNO6. The Morgan fingerprint density at radius 3 is 2.30 bits per heavy atom. The highest BCUT2D eigenvalue weighted by Gasteiger charge is 2.30. The number of hydrogen-bond donors (Lipinski definition) is 0. The van der Waals surface area contributed by atoms with Gasteiger partial charge in [-0.05, 0) is 24.3 Å². The summed E-state index contributed by atoms with van der Waals surface area (Å²) in [5.41, 5.74) is -0.183. The molecule has 0 N–H and O–H groups in total. The third-order valence-electron chi connectivity index (χ3n) is 3.31.